The molecule has 5 nitrogen and oxygen atoms in total. The van der Waals surface area contributed by atoms with Crippen molar-refractivity contribution in [3.05, 3.63) is 22.4 Å². The van der Waals surface area contributed by atoms with Gasteiger partial charge in [-0.1, -0.05) is 6.07 Å². The van der Waals surface area contributed by atoms with Gasteiger partial charge in [0, 0.05) is 4.88 Å². The number of hydrogen-bond acceptors (Lipinski definition) is 4. The highest BCUT2D eigenvalue weighted by molar-refractivity contribution is 7.10. The first-order valence-electron chi connectivity index (χ1n) is 4.82. The Morgan fingerprint density at radius 3 is 2.75 bits per heavy atom. The van der Waals surface area contributed by atoms with Gasteiger partial charge in [0.05, 0.1) is 18.5 Å². The van der Waals surface area contributed by atoms with E-state index in [1.54, 1.807) is 13.0 Å². The van der Waals surface area contributed by atoms with Crippen molar-refractivity contribution >= 4 is 23.2 Å². The monoisotopic (exact) mass is 242 g/mol. The standard InChI is InChI=1S/C10H14N2O3S/c1-6(11)10(15)12-7(5-9(13)14)8-3-2-4-16-8/h2-4,6-7H,5,11H2,1H3,(H,12,15)(H,13,14). The van der Waals surface area contributed by atoms with Crippen molar-refractivity contribution in [2.45, 2.75) is 25.4 Å². The lowest BCUT2D eigenvalue weighted by atomic mass is 10.1. The summed E-state index contributed by atoms with van der Waals surface area (Å²) in [6, 6.07) is 2.46. The highest BCUT2D eigenvalue weighted by Crippen LogP contribution is 2.21. The van der Waals surface area contributed by atoms with Crippen molar-refractivity contribution in [2.75, 3.05) is 0 Å². The smallest absolute Gasteiger partial charge is 0.305 e. The zero-order chi connectivity index (χ0) is 12.1. The molecule has 6 heteroatoms. The van der Waals surface area contributed by atoms with Gasteiger partial charge in [0.25, 0.3) is 0 Å². The third kappa shape index (κ3) is 3.63. The van der Waals surface area contributed by atoms with E-state index in [0.29, 0.717) is 0 Å². The van der Waals surface area contributed by atoms with Gasteiger partial charge >= 0.3 is 5.97 Å². The Morgan fingerprint density at radius 2 is 2.31 bits per heavy atom. The zero-order valence-electron chi connectivity index (χ0n) is 8.84. The minimum Gasteiger partial charge on any atom is -0.481 e. The van der Waals surface area contributed by atoms with Gasteiger partial charge in [-0.2, -0.15) is 0 Å². The average molecular weight is 242 g/mol. The molecular formula is C10H14N2O3S. The molecule has 1 aromatic heterocycles. The van der Waals surface area contributed by atoms with Crippen molar-refractivity contribution < 1.29 is 14.7 Å². The molecule has 0 aliphatic heterocycles. The summed E-state index contributed by atoms with van der Waals surface area (Å²) in [7, 11) is 0. The topological polar surface area (TPSA) is 92.4 Å². The molecule has 0 aromatic carbocycles. The predicted octanol–water partition coefficient (Wildman–Crippen LogP) is 0.727. The quantitative estimate of drug-likeness (QED) is 0.709. The summed E-state index contributed by atoms with van der Waals surface area (Å²) in [5, 5.41) is 13.2. The minimum atomic E-state index is -0.955. The van der Waals surface area contributed by atoms with Gasteiger partial charge in [-0.05, 0) is 18.4 Å². The van der Waals surface area contributed by atoms with Crippen LogP contribution in [0, 0.1) is 0 Å². The van der Waals surface area contributed by atoms with Crippen LogP contribution in [0.25, 0.3) is 0 Å². The van der Waals surface area contributed by atoms with E-state index in [4.69, 9.17) is 10.8 Å². The third-order valence-electron chi connectivity index (χ3n) is 2.00. The fourth-order valence-corrected chi connectivity index (χ4v) is 1.97. The fourth-order valence-electron chi connectivity index (χ4n) is 1.19. The van der Waals surface area contributed by atoms with Crippen LogP contribution >= 0.6 is 11.3 Å². The summed E-state index contributed by atoms with van der Waals surface area (Å²) < 4.78 is 0. The second-order valence-corrected chi connectivity index (χ2v) is 4.44. The third-order valence-corrected chi connectivity index (χ3v) is 2.98. The van der Waals surface area contributed by atoms with Crippen molar-refractivity contribution in [1.29, 1.82) is 0 Å². The van der Waals surface area contributed by atoms with Gasteiger partial charge in [0.1, 0.15) is 0 Å². The number of rotatable bonds is 5. The van der Waals surface area contributed by atoms with E-state index in [2.05, 4.69) is 5.32 Å². The molecule has 2 atom stereocenters. The van der Waals surface area contributed by atoms with Crippen molar-refractivity contribution in [3.8, 4) is 0 Å². The number of carbonyl (C=O) groups excluding carboxylic acids is 1. The maximum Gasteiger partial charge on any atom is 0.305 e. The Morgan fingerprint density at radius 1 is 1.62 bits per heavy atom. The van der Waals surface area contributed by atoms with E-state index in [1.165, 1.54) is 11.3 Å². The van der Waals surface area contributed by atoms with Crippen LogP contribution in [0.4, 0.5) is 0 Å². The molecule has 0 aliphatic carbocycles. The van der Waals surface area contributed by atoms with Crippen molar-refractivity contribution in [2.24, 2.45) is 5.73 Å². The van der Waals surface area contributed by atoms with Gasteiger partial charge in [-0.25, -0.2) is 0 Å². The van der Waals surface area contributed by atoms with Gasteiger partial charge in [-0.3, -0.25) is 9.59 Å². The normalized spacial score (nSPS) is 14.1. The lowest BCUT2D eigenvalue weighted by molar-refractivity contribution is -0.137. The van der Waals surface area contributed by atoms with E-state index in [1.807, 2.05) is 11.4 Å². The van der Waals surface area contributed by atoms with Crippen LogP contribution in [0.2, 0.25) is 0 Å². The Kier molecular flexibility index (Phi) is 4.45. The molecule has 1 amide bonds. The van der Waals surface area contributed by atoms with Crippen molar-refractivity contribution in [1.82, 2.24) is 5.32 Å². The molecule has 1 aromatic rings. The van der Waals surface area contributed by atoms with Crippen LogP contribution < -0.4 is 11.1 Å². The summed E-state index contributed by atoms with van der Waals surface area (Å²) in [6.07, 6.45) is -0.140. The summed E-state index contributed by atoms with van der Waals surface area (Å²) in [6.45, 7) is 1.56. The molecular weight excluding hydrogens is 228 g/mol. The first-order chi connectivity index (χ1) is 7.50. The van der Waals surface area contributed by atoms with Crippen LogP contribution in [0.15, 0.2) is 17.5 Å². The first-order valence-corrected chi connectivity index (χ1v) is 5.70. The number of carbonyl (C=O) groups is 2. The molecule has 16 heavy (non-hydrogen) atoms. The Bertz CT molecular complexity index is 362. The molecule has 1 heterocycles. The van der Waals surface area contributed by atoms with Crippen LogP contribution in [0.3, 0.4) is 0 Å². The molecule has 0 bridgehead atoms. The molecule has 0 fully saturated rings. The molecule has 1 rings (SSSR count). The second kappa shape index (κ2) is 5.62. The number of carboxylic acid groups (broad SMARTS) is 1. The molecule has 0 radical (unpaired) electrons. The summed E-state index contributed by atoms with van der Waals surface area (Å²) >= 11 is 1.41. The average Bonchev–Trinajstić information content (AvgIpc) is 2.68. The van der Waals surface area contributed by atoms with Crippen LogP contribution in [-0.4, -0.2) is 23.0 Å². The number of aliphatic carboxylic acids is 1. The molecule has 0 spiro atoms. The number of carboxylic acids is 1. The first kappa shape index (κ1) is 12.7. The van der Waals surface area contributed by atoms with E-state index in [9.17, 15) is 9.59 Å². The molecule has 0 saturated carbocycles. The second-order valence-electron chi connectivity index (χ2n) is 3.46. The Hall–Kier alpha value is -1.40. The number of hydrogen-bond donors (Lipinski definition) is 3. The van der Waals surface area contributed by atoms with E-state index < -0.39 is 18.1 Å². The van der Waals surface area contributed by atoms with Gasteiger partial charge in [0.2, 0.25) is 5.91 Å². The largest absolute Gasteiger partial charge is 0.481 e. The van der Waals surface area contributed by atoms with Crippen LogP contribution in [-0.2, 0) is 9.59 Å². The van der Waals surface area contributed by atoms with E-state index >= 15 is 0 Å². The Labute approximate surface area is 97.3 Å². The van der Waals surface area contributed by atoms with Crippen LogP contribution in [0.1, 0.15) is 24.3 Å². The summed E-state index contributed by atoms with van der Waals surface area (Å²) in [4.78, 5) is 22.9. The maximum absolute atomic E-state index is 11.4. The number of thiophene rings is 1. The lowest BCUT2D eigenvalue weighted by Gasteiger charge is -2.16. The Balaban J connectivity index is 2.72. The number of amides is 1. The zero-order valence-corrected chi connectivity index (χ0v) is 9.66. The SMILES string of the molecule is CC(N)C(=O)NC(CC(=O)O)c1cccs1. The number of nitrogens with one attached hydrogen (secondary N) is 1. The minimum absolute atomic E-state index is 0.140. The lowest BCUT2D eigenvalue weighted by Crippen LogP contribution is -2.40. The van der Waals surface area contributed by atoms with Crippen molar-refractivity contribution in [3.63, 3.8) is 0 Å². The molecule has 0 saturated heterocycles. The summed E-state index contributed by atoms with van der Waals surface area (Å²) in [5.74, 6) is -1.30. The molecule has 2 unspecified atom stereocenters. The number of nitrogens with two attached hydrogens (primary N) is 1. The maximum atomic E-state index is 11.4. The molecule has 4 N–H and O–H groups in total. The summed E-state index contributed by atoms with van der Waals surface area (Å²) in [5.41, 5.74) is 5.41. The van der Waals surface area contributed by atoms with E-state index in [0.717, 1.165) is 4.88 Å². The highest BCUT2D eigenvalue weighted by atomic mass is 32.1. The van der Waals surface area contributed by atoms with Crippen LogP contribution in [0.5, 0.6) is 0 Å². The fraction of sp³-hybridized carbons (Fsp3) is 0.400. The van der Waals surface area contributed by atoms with Gasteiger partial charge in [0.15, 0.2) is 0 Å². The molecule has 88 valence electrons. The molecule has 0 aliphatic rings. The highest BCUT2D eigenvalue weighted by Gasteiger charge is 2.20. The van der Waals surface area contributed by atoms with Gasteiger partial charge in [-0.15, -0.1) is 11.3 Å². The predicted molar refractivity (Wildman–Crippen MR) is 61.1 cm³/mol. The van der Waals surface area contributed by atoms with Gasteiger partial charge < -0.3 is 16.2 Å². The van der Waals surface area contributed by atoms with E-state index in [-0.39, 0.29) is 12.3 Å².